The van der Waals surface area contributed by atoms with E-state index in [1.54, 1.807) is 0 Å². The van der Waals surface area contributed by atoms with Crippen molar-refractivity contribution in [3.8, 4) is 0 Å². The molecule has 0 radical (unpaired) electrons. The number of nitrogens with zero attached hydrogens (tertiary/aromatic N) is 1. The van der Waals surface area contributed by atoms with Crippen LogP contribution in [0.5, 0.6) is 0 Å². The first-order valence-electron chi connectivity index (χ1n) is 3.98. The second-order valence-corrected chi connectivity index (χ2v) is 2.69. The van der Waals surface area contributed by atoms with E-state index in [1.165, 1.54) is 24.5 Å². The van der Waals surface area contributed by atoms with Crippen LogP contribution in [0.4, 0.5) is 12.9 Å². The number of hydrogen-bond acceptors (Lipinski definition) is 1. The molecule has 0 saturated carbocycles. The van der Waals surface area contributed by atoms with Crippen LogP contribution < -0.4 is 0 Å². The minimum atomic E-state index is -4.88. The van der Waals surface area contributed by atoms with Gasteiger partial charge in [-0.2, -0.15) is 0 Å². The lowest BCUT2D eigenvalue weighted by atomic mass is 9.90. The molecule has 0 N–H and O–H groups in total. The van der Waals surface area contributed by atoms with Crippen LogP contribution in [0.3, 0.4) is 0 Å². The summed E-state index contributed by atoms with van der Waals surface area (Å²) in [6.07, 6.45) is 5.40. The van der Waals surface area contributed by atoms with Gasteiger partial charge < -0.3 is 12.9 Å². The summed E-state index contributed by atoms with van der Waals surface area (Å²) in [7, 11) is 0. The molecule has 1 heterocycles. The van der Waals surface area contributed by atoms with Gasteiger partial charge in [0.15, 0.2) is 0 Å². The summed E-state index contributed by atoms with van der Waals surface area (Å²) in [6.45, 7) is -1.40. The van der Waals surface area contributed by atoms with Crippen molar-refractivity contribution >= 4 is 19.1 Å². The maximum absolute atomic E-state index is 11.9. The summed E-state index contributed by atoms with van der Waals surface area (Å²) in [4.78, 5) is 3.78. The van der Waals surface area contributed by atoms with E-state index in [0.717, 1.165) is 6.08 Å². The first kappa shape index (κ1) is 10.6. The Morgan fingerprint density at radius 3 is 2.57 bits per heavy atom. The van der Waals surface area contributed by atoms with E-state index in [9.17, 15) is 12.9 Å². The van der Waals surface area contributed by atoms with Gasteiger partial charge in [0.25, 0.3) is 0 Å². The van der Waals surface area contributed by atoms with Crippen LogP contribution in [0.25, 0.3) is 12.2 Å². The Balaban J connectivity index is 2.97. The average molecular weight is 198 g/mol. The van der Waals surface area contributed by atoms with Crippen LogP contribution in [0.2, 0.25) is 0 Å². The molecule has 1 nitrogen and oxygen atoms in total. The number of hydrogen-bond donors (Lipinski definition) is 0. The van der Waals surface area contributed by atoms with Crippen LogP contribution in [-0.2, 0) is 0 Å². The smallest absolute Gasteiger partial charge is 0.445 e. The third-order valence-electron chi connectivity index (χ3n) is 1.60. The summed E-state index contributed by atoms with van der Waals surface area (Å²) in [6, 6.07) is 1.51. The Hall–Kier alpha value is -1.52. The molecular formula is C9H8BF3N-. The van der Waals surface area contributed by atoms with Gasteiger partial charge in [-0.1, -0.05) is 18.7 Å². The predicted octanol–water partition coefficient (Wildman–Crippen LogP) is 3.12. The monoisotopic (exact) mass is 198 g/mol. The Morgan fingerprint density at radius 2 is 2.00 bits per heavy atom. The van der Waals surface area contributed by atoms with Crippen molar-refractivity contribution in [3.05, 3.63) is 42.1 Å². The molecule has 0 atom stereocenters. The Bertz CT molecular complexity index is 357. The number of pyridine rings is 1. The molecule has 1 aromatic rings. The molecule has 0 saturated heterocycles. The summed E-state index contributed by atoms with van der Waals surface area (Å²) in [5, 5.41) is 0. The first-order valence-corrected chi connectivity index (χ1v) is 3.98. The van der Waals surface area contributed by atoms with E-state index in [4.69, 9.17) is 0 Å². The van der Waals surface area contributed by atoms with Gasteiger partial charge in [-0.05, 0) is 17.2 Å². The normalized spacial score (nSPS) is 11.9. The molecular weight excluding hydrogens is 190 g/mol. The van der Waals surface area contributed by atoms with Gasteiger partial charge in [0.2, 0.25) is 0 Å². The highest BCUT2D eigenvalue weighted by atomic mass is 19.4. The Morgan fingerprint density at radius 1 is 1.29 bits per heavy atom. The predicted molar refractivity (Wildman–Crippen MR) is 52.4 cm³/mol. The summed E-state index contributed by atoms with van der Waals surface area (Å²) < 4.78 is 35.7. The highest BCUT2D eigenvalue weighted by Gasteiger charge is 2.17. The molecule has 0 fully saturated rings. The topological polar surface area (TPSA) is 12.9 Å². The third-order valence-corrected chi connectivity index (χ3v) is 1.60. The van der Waals surface area contributed by atoms with Crippen molar-refractivity contribution in [2.75, 3.05) is 0 Å². The van der Waals surface area contributed by atoms with E-state index in [0.29, 0.717) is 11.1 Å². The van der Waals surface area contributed by atoms with Gasteiger partial charge in [0, 0.05) is 12.4 Å². The minimum Gasteiger partial charge on any atom is -0.445 e. The summed E-state index contributed by atoms with van der Waals surface area (Å²) in [5.41, 5.74) is 1.05. The molecule has 0 aliphatic rings. The molecule has 1 rings (SSSR count). The van der Waals surface area contributed by atoms with Gasteiger partial charge in [-0.15, -0.1) is 5.98 Å². The van der Waals surface area contributed by atoms with E-state index >= 15 is 0 Å². The third kappa shape index (κ3) is 3.09. The molecule has 1 aromatic heterocycles. The van der Waals surface area contributed by atoms with E-state index in [2.05, 4.69) is 11.6 Å². The molecule has 0 aliphatic heterocycles. The molecule has 0 bridgehead atoms. The van der Waals surface area contributed by atoms with Crippen LogP contribution in [0.15, 0.2) is 31.0 Å². The zero-order chi connectivity index (χ0) is 10.6. The number of aromatic nitrogens is 1. The van der Waals surface area contributed by atoms with Gasteiger partial charge in [0.1, 0.15) is 0 Å². The lowest BCUT2D eigenvalue weighted by molar-refractivity contribution is 0.499. The molecule has 74 valence electrons. The van der Waals surface area contributed by atoms with Crippen LogP contribution in [0, 0.1) is 0 Å². The fourth-order valence-electron chi connectivity index (χ4n) is 0.953. The van der Waals surface area contributed by atoms with Crippen molar-refractivity contribution in [2.45, 2.75) is 0 Å². The highest BCUT2D eigenvalue weighted by molar-refractivity contribution is 6.64. The molecule has 0 amide bonds. The number of rotatable bonds is 3. The maximum atomic E-state index is 11.9. The van der Waals surface area contributed by atoms with Crippen LogP contribution in [0.1, 0.15) is 11.1 Å². The van der Waals surface area contributed by atoms with E-state index < -0.39 is 6.98 Å². The van der Waals surface area contributed by atoms with Crippen molar-refractivity contribution in [3.63, 3.8) is 0 Å². The van der Waals surface area contributed by atoms with Crippen molar-refractivity contribution in [2.24, 2.45) is 0 Å². The zero-order valence-corrected chi connectivity index (χ0v) is 7.33. The second-order valence-electron chi connectivity index (χ2n) is 2.69. The fraction of sp³-hybridized carbons (Fsp3) is 0. The van der Waals surface area contributed by atoms with Gasteiger partial charge in [-0.25, -0.2) is 0 Å². The van der Waals surface area contributed by atoms with Crippen molar-refractivity contribution < 1.29 is 12.9 Å². The van der Waals surface area contributed by atoms with Crippen molar-refractivity contribution in [1.29, 1.82) is 0 Å². The molecule has 14 heavy (non-hydrogen) atoms. The van der Waals surface area contributed by atoms with Crippen LogP contribution >= 0.6 is 0 Å². The molecule has 0 aliphatic carbocycles. The zero-order valence-electron chi connectivity index (χ0n) is 7.33. The minimum absolute atomic E-state index is 0.252. The second kappa shape index (κ2) is 4.13. The largest absolute Gasteiger partial charge is 0.502 e. The highest BCUT2D eigenvalue weighted by Crippen LogP contribution is 2.15. The Kier molecular flexibility index (Phi) is 3.12. The quantitative estimate of drug-likeness (QED) is 0.679. The fourth-order valence-corrected chi connectivity index (χ4v) is 0.953. The number of halogens is 3. The SMILES string of the molecule is C=Cc1cnccc1/C=C/[B-](F)(F)F. The van der Waals surface area contributed by atoms with Gasteiger partial charge >= 0.3 is 6.98 Å². The first-order chi connectivity index (χ1) is 6.53. The van der Waals surface area contributed by atoms with E-state index in [-0.39, 0.29) is 5.98 Å². The standard InChI is InChI=1S/C9H8BF3N/c1-2-8-7-14-6-4-9(8)3-5-10(11,12)13/h2-7H,1H2/q-1/b5-3+. The molecule has 0 spiro atoms. The molecule has 0 unspecified atom stereocenters. The lowest BCUT2D eigenvalue weighted by Gasteiger charge is -2.07. The molecule has 5 heteroatoms. The van der Waals surface area contributed by atoms with E-state index in [1.807, 2.05) is 0 Å². The summed E-state index contributed by atoms with van der Waals surface area (Å²) >= 11 is 0. The molecule has 0 aromatic carbocycles. The van der Waals surface area contributed by atoms with Crippen molar-refractivity contribution in [1.82, 2.24) is 4.98 Å². The van der Waals surface area contributed by atoms with Gasteiger partial charge in [0.05, 0.1) is 0 Å². The van der Waals surface area contributed by atoms with Gasteiger partial charge in [-0.3, -0.25) is 4.98 Å². The lowest BCUT2D eigenvalue weighted by Crippen LogP contribution is -2.09. The average Bonchev–Trinajstić information content (AvgIpc) is 2.14. The Labute approximate surface area is 80.0 Å². The summed E-state index contributed by atoms with van der Waals surface area (Å²) in [5.74, 6) is 0.252. The van der Waals surface area contributed by atoms with Crippen LogP contribution in [-0.4, -0.2) is 12.0 Å². The maximum Gasteiger partial charge on any atom is 0.502 e.